The van der Waals surface area contributed by atoms with Gasteiger partial charge in [0.15, 0.2) is 17.7 Å². The second kappa shape index (κ2) is 12.1. The van der Waals surface area contributed by atoms with Crippen molar-refractivity contribution in [2.75, 3.05) is 60.1 Å². The van der Waals surface area contributed by atoms with E-state index in [4.69, 9.17) is 13.9 Å². The lowest BCUT2D eigenvalue weighted by atomic mass is 10.00. The summed E-state index contributed by atoms with van der Waals surface area (Å²) in [5.74, 6) is 0.0276. The van der Waals surface area contributed by atoms with Crippen LogP contribution in [-0.2, 0) is 4.74 Å². The van der Waals surface area contributed by atoms with Crippen LogP contribution in [-0.4, -0.2) is 87.1 Å². The Kier molecular flexibility index (Phi) is 8.70. The molecule has 2 heterocycles. The third-order valence-corrected chi connectivity index (χ3v) is 6.42. The summed E-state index contributed by atoms with van der Waals surface area (Å²) in [6.07, 6.45) is 1.67. The minimum absolute atomic E-state index is 0.0318. The third-order valence-electron chi connectivity index (χ3n) is 6.42. The maximum atomic E-state index is 12.8. The average molecular weight is 509 g/mol. The summed E-state index contributed by atoms with van der Waals surface area (Å²) >= 11 is 0. The average Bonchev–Trinajstić information content (AvgIpc) is 2.89. The molecule has 1 aromatic heterocycles. The van der Waals surface area contributed by atoms with Crippen molar-refractivity contribution in [3.63, 3.8) is 0 Å². The standard InChI is InChI=1S/C28H32N2O7/c1-29(2)10-15-36-26-17-25(33)23(18-31)27-22(26)16-21(28(34)37-27)19-5-7-20(8-6-19)24(32)4-3-9-30-11-13-35-14-12-30/h5-8,16-18,33H,3-4,9-15H2,1-2H3. The van der Waals surface area contributed by atoms with E-state index < -0.39 is 5.63 Å². The van der Waals surface area contributed by atoms with Crippen molar-refractivity contribution in [2.24, 2.45) is 0 Å². The number of rotatable bonds is 11. The van der Waals surface area contributed by atoms with E-state index >= 15 is 0 Å². The second-order valence-corrected chi connectivity index (χ2v) is 9.33. The van der Waals surface area contributed by atoms with E-state index in [0.29, 0.717) is 48.1 Å². The summed E-state index contributed by atoms with van der Waals surface area (Å²) in [6.45, 7) is 5.09. The summed E-state index contributed by atoms with van der Waals surface area (Å²) in [6, 6.07) is 9.78. The number of morpholine rings is 1. The highest BCUT2D eigenvalue weighted by Crippen LogP contribution is 2.35. The second-order valence-electron chi connectivity index (χ2n) is 9.33. The lowest BCUT2D eigenvalue weighted by Crippen LogP contribution is -2.36. The Morgan fingerprint density at radius 3 is 2.57 bits per heavy atom. The maximum Gasteiger partial charge on any atom is 0.344 e. The van der Waals surface area contributed by atoms with Crippen LogP contribution in [0.4, 0.5) is 0 Å². The highest BCUT2D eigenvalue weighted by Gasteiger charge is 2.19. The van der Waals surface area contributed by atoms with E-state index in [1.54, 1.807) is 30.3 Å². The molecule has 0 bridgehead atoms. The van der Waals surface area contributed by atoms with Gasteiger partial charge in [0.05, 0.1) is 29.7 Å². The molecule has 0 spiro atoms. The number of aromatic hydroxyl groups is 1. The van der Waals surface area contributed by atoms with Crippen LogP contribution in [0, 0.1) is 0 Å². The van der Waals surface area contributed by atoms with Gasteiger partial charge >= 0.3 is 5.63 Å². The number of carbonyl (C=O) groups excluding carboxylic acids is 2. The number of ketones is 1. The molecular weight excluding hydrogens is 476 g/mol. The number of phenolic OH excluding ortho intramolecular Hbond substituents is 1. The fourth-order valence-corrected chi connectivity index (χ4v) is 4.29. The van der Waals surface area contributed by atoms with E-state index in [1.807, 2.05) is 19.0 Å². The molecule has 1 saturated heterocycles. The Hall–Kier alpha value is -3.53. The predicted molar refractivity (Wildman–Crippen MR) is 140 cm³/mol. The molecule has 1 fully saturated rings. The van der Waals surface area contributed by atoms with Gasteiger partial charge in [-0.15, -0.1) is 0 Å². The first kappa shape index (κ1) is 26.5. The molecule has 196 valence electrons. The summed E-state index contributed by atoms with van der Waals surface area (Å²) in [4.78, 5) is 41.3. The molecular formula is C28H32N2O7. The minimum Gasteiger partial charge on any atom is -0.507 e. The van der Waals surface area contributed by atoms with Crippen LogP contribution in [0.2, 0.25) is 0 Å². The molecule has 0 unspecified atom stereocenters. The van der Waals surface area contributed by atoms with E-state index in [0.717, 1.165) is 39.3 Å². The Bertz CT molecular complexity index is 1310. The van der Waals surface area contributed by atoms with Crippen LogP contribution >= 0.6 is 0 Å². The summed E-state index contributed by atoms with van der Waals surface area (Å²) in [5.41, 5.74) is 0.605. The van der Waals surface area contributed by atoms with E-state index in [2.05, 4.69) is 4.90 Å². The quantitative estimate of drug-likeness (QED) is 0.237. The minimum atomic E-state index is -0.662. The van der Waals surface area contributed by atoms with Crippen LogP contribution < -0.4 is 10.4 Å². The van der Waals surface area contributed by atoms with Gasteiger partial charge in [-0.25, -0.2) is 4.79 Å². The molecule has 2 aromatic carbocycles. The van der Waals surface area contributed by atoms with Crippen molar-refractivity contribution < 1.29 is 28.6 Å². The number of ether oxygens (including phenoxy) is 2. The number of hydrogen-bond donors (Lipinski definition) is 1. The largest absolute Gasteiger partial charge is 0.507 e. The number of benzene rings is 2. The Morgan fingerprint density at radius 1 is 1.16 bits per heavy atom. The summed E-state index contributed by atoms with van der Waals surface area (Å²) in [7, 11) is 3.81. The number of aldehydes is 1. The SMILES string of the molecule is CN(C)CCOc1cc(O)c(C=O)c2oc(=O)c(-c3ccc(C(=O)CCCN4CCOCC4)cc3)cc12. The van der Waals surface area contributed by atoms with Gasteiger partial charge in [-0.1, -0.05) is 24.3 Å². The van der Waals surface area contributed by atoms with Gasteiger partial charge in [-0.3, -0.25) is 14.5 Å². The third kappa shape index (κ3) is 6.43. The van der Waals surface area contributed by atoms with Crippen molar-refractivity contribution in [2.45, 2.75) is 12.8 Å². The number of phenols is 1. The molecule has 1 N–H and O–H groups in total. The van der Waals surface area contributed by atoms with Crippen molar-refractivity contribution in [1.82, 2.24) is 9.80 Å². The molecule has 0 atom stereocenters. The molecule has 4 rings (SSSR count). The Balaban J connectivity index is 1.55. The number of fused-ring (bicyclic) bond motifs is 1. The zero-order valence-electron chi connectivity index (χ0n) is 21.2. The molecule has 1 aliphatic heterocycles. The van der Waals surface area contributed by atoms with Crippen molar-refractivity contribution >= 4 is 23.0 Å². The van der Waals surface area contributed by atoms with Crippen molar-refractivity contribution in [3.8, 4) is 22.6 Å². The zero-order chi connectivity index (χ0) is 26.4. The highest BCUT2D eigenvalue weighted by molar-refractivity contribution is 6.01. The van der Waals surface area contributed by atoms with Gasteiger partial charge in [0.1, 0.15) is 18.1 Å². The molecule has 9 nitrogen and oxygen atoms in total. The fraction of sp³-hybridized carbons (Fsp3) is 0.393. The lowest BCUT2D eigenvalue weighted by molar-refractivity contribution is 0.0371. The van der Waals surface area contributed by atoms with E-state index in [-0.39, 0.29) is 28.2 Å². The lowest BCUT2D eigenvalue weighted by Gasteiger charge is -2.26. The molecule has 0 amide bonds. The van der Waals surface area contributed by atoms with Crippen molar-refractivity contribution in [1.29, 1.82) is 0 Å². The van der Waals surface area contributed by atoms with Crippen LogP contribution in [0.1, 0.15) is 33.6 Å². The molecule has 0 saturated carbocycles. The fourth-order valence-electron chi connectivity index (χ4n) is 4.29. The monoisotopic (exact) mass is 508 g/mol. The first-order valence-electron chi connectivity index (χ1n) is 12.4. The number of hydrogen-bond acceptors (Lipinski definition) is 9. The number of likely N-dealkylation sites (N-methyl/N-ethyl adjacent to an activating group) is 1. The Morgan fingerprint density at radius 2 is 1.89 bits per heavy atom. The topological polar surface area (TPSA) is 110 Å². The van der Waals surface area contributed by atoms with Gasteiger partial charge in [0.2, 0.25) is 0 Å². The van der Waals surface area contributed by atoms with Crippen LogP contribution in [0.15, 0.2) is 45.6 Å². The van der Waals surface area contributed by atoms with Gasteiger partial charge in [0.25, 0.3) is 0 Å². The number of Topliss-reactive ketones (excluding diaryl/α,β-unsaturated/α-hetero) is 1. The molecule has 0 aliphatic carbocycles. The predicted octanol–water partition coefficient (Wildman–Crippen LogP) is 3.21. The maximum absolute atomic E-state index is 12.8. The van der Waals surface area contributed by atoms with Gasteiger partial charge < -0.3 is 23.9 Å². The molecule has 3 aromatic rings. The number of carbonyl (C=O) groups is 2. The first-order valence-corrected chi connectivity index (χ1v) is 12.4. The van der Waals surface area contributed by atoms with Crippen LogP contribution in [0.25, 0.3) is 22.1 Å². The van der Waals surface area contributed by atoms with Crippen molar-refractivity contribution in [3.05, 3.63) is 57.9 Å². The van der Waals surface area contributed by atoms with Crippen LogP contribution in [0.3, 0.4) is 0 Å². The van der Waals surface area contributed by atoms with Crippen LogP contribution in [0.5, 0.6) is 11.5 Å². The van der Waals surface area contributed by atoms with E-state index in [9.17, 15) is 19.5 Å². The summed E-state index contributed by atoms with van der Waals surface area (Å²) < 4.78 is 16.7. The smallest absolute Gasteiger partial charge is 0.344 e. The summed E-state index contributed by atoms with van der Waals surface area (Å²) in [5, 5.41) is 10.7. The van der Waals surface area contributed by atoms with Gasteiger partial charge in [-0.2, -0.15) is 0 Å². The van der Waals surface area contributed by atoms with E-state index in [1.165, 1.54) is 6.07 Å². The first-order chi connectivity index (χ1) is 17.9. The normalized spacial score (nSPS) is 14.2. The van der Waals surface area contributed by atoms with Gasteiger partial charge in [0, 0.05) is 37.7 Å². The molecule has 9 heteroatoms. The molecule has 1 aliphatic rings. The zero-order valence-corrected chi connectivity index (χ0v) is 21.2. The molecule has 37 heavy (non-hydrogen) atoms. The number of nitrogens with zero attached hydrogens (tertiary/aromatic N) is 2. The Labute approximate surface area is 215 Å². The molecule has 0 radical (unpaired) electrons. The highest BCUT2D eigenvalue weighted by atomic mass is 16.5. The van der Waals surface area contributed by atoms with Gasteiger partial charge in [-0.05, 0) is 38.7 Å².